The number of nitrogens with zero attached hydrogens (tertiary/aromatic N) is 3. The van der Waals surface area contributed by atoms with E-state index in [1.807, 2.05) is 30.3 Å². The maximum absolute atomic E-state index is 12.7. The van der Waals surface area contributed by atoms with E-state index >= 15 is 0 Å². The Kier molecular flexibility index (Phi) is 5.11. The van der Waals surface area contributed by atoms with Crippen LogP contribution in [-0.4, -0.2) is 77.5 Å². The van der Waals surface area contributed by atoms with E-state index in [4.69, 9.17) is 4.74 Å². The molecule has 3 heterocycles. The second-order valence-electron chi connectivity index (χ2n) is 7.77. The molecule has 150 valence electrons. The molecule has 0 spiro atoms. The molecule has 4 rings (SSSR count). The number of likely N-dealkylation sites (N-methyl/N-ethyl adjacent to an activating group) is 1. The average Bonchev–Trinajstić information content (AvgIpc) is 3.26. The molecule has 0 aliphatic carbocycles. The molecule has 1 N–H and O–H groups in total. The van der Waals surface area contributed by atoms with E-state index in [0.717, 1.165) is 12.0 Å². The Bertz CT molecular complexity index is 756. The number of hydrogen-bond acceptors (Lipinski definition) is 4. The van der Waals surface area contributed by atoms with E-state index in [1.165, 1.54) is 0 Å². The van der Waals surface area contributed by atoms with E-state index < -0.39 is 6.04 Å². The van der Waals surface area contributed by atoms with E-state index in [0.29, 0.717) is 32.5 Å². The minimum atomic E-state index is -0.409. The Hall–Kier alpha value is -2.77. The van der Waals surface area contributed by atoms with Crippen molar-refractivity contribution in [1.82, 2.24) is 20.0 Å². The van der Waals surface area contributed by atoms with Crippen LogP contribution in [-0.2, 0) is 16.1 Å². The number of fused-ring (bicyclic) bond motifs is 2. The lowest BCUT2D eigenvalue weighted by molar-refractivity contribution is -0.126. The summed E-state index contributed by atoms with van der Waals surface area (Å²) >= 11 is 0. The molecular weight excluding hydrogens is 360 g/mol. The highest BCUT2D eigenvalue weighted by Gasteiger charge is 2.45. The van der Waals surface area contributed by atoms with Crippen molar-refractivity contribution in [3.8, 4) is 0 Å². The molecule has 4 amide bonds. The minimum absolute atomic E-state index is 0.0693. The Morgan fingerprint density at radius 2 is 1.93 bits per heavy atom. The third kappa shape index (κ3) is 3.63. The Labute approximate surface area is 164 Å². The number of ether oxygens (including phenoxy) is 1. The summed E-state index contributed by atoms with van der Waals surface area (Å²) in [4.78, 5) is 42.3. The van der Waals surface area contributed by atoms with E-state index in [-0.39, 0.29) is 36.7 Å². The third-order valence-electron chi connectivity index (χ3n) is 5.95. The van der Waals surface area contributed by atoms with Crippen molar-refractivity contribution in [2.24, 2.45) is 0 Å². The van der Waals surface area contributed by atoms with E-state index in [9.17, 15) is 14.4 Å². The standard InChI is InChI=1S/C20H26N4O4/c1-22-16-7-8-17(24(12-16)19(22)26)18(25)21-15-9-10-23(11-15)20(27)28-13-14-5-3-2-4-6-14/h2-6,15-17H,7-13H2,1H3,(H,21,25)/t15?,16-,17+/m1/s1. The first-order valence-corrected chi connectivity index (χ1v) is 9.82. The average molecular weight is 386 g/mol. The van der Waals surface area contributed by atoms with Crippen molar-refractivity contribution < 1.29 is 19.1 Å². The second kappa shape index (κ2) is 7.69. The van der Waals surface area contributed by atoms with Gasteiger partial charge in [0, 0.05) is 32.7 Å². The smallest absolute Gasteiger partial charge is 0.410 e. The van der Waals surface area contributed by atoms with Crippen LogP contribution in [0.25, 0.3) is 0 Å². The van der Waals surface area contributed by atoms with Gasteiger partial charge in [-0.3, -0.25) is 4.79 Å². The van der Waals surface area contributed by atoms with Crippen LogP contribution in [0.5, 0.6) is 0 Å². The van der Waals surface area contributed by atoms with Crippen LogP contribution in [0.4, 0.5) is 9.59 Å². The SMILES string of the molecule is CN1C(=O)N2C[C@H]1CC[C@H]2C(=O)NC1CCN(C(=O)OCc2ccccc2)C1. The van der Waals surface area contributed by atoms with Crippen molar-refractivity contribution in [3.63, 3.8) is 0 Å². The summed E-state index contributed by atoms with van der Waals surface area (Å²) in [6.07, 6.45) is 1.86. The van der Waals surface area contributed by atoms with Crippen molar-refractivity contribution in [1.29, 1.82) is 0 Å². The number of benzene rings is 1. The first-order valence-electron chi connectivity index (χ1n) is 9.82. The molecule has 3 aliphatic rings. The van der Waals surface area contributed by atoms with Gasteiger partial charge in [-0.2, -0.15) is 0 Å². The van der Waals surface area contributed by atoms with Gasteiger partial charge in [0.25, 0.3) is 0 Å². The van der Waals surface area contributed by atoms with Gasteiger partial charge in [-0.05, 0) is 24.8 Å². The van der Waals surface area contributed by atoms with Gasteiger partial charge < -0.3 is 24.8 Å². The zero-order chi connectivity index (χ0) is 19.7. The monoisotopic (exact) mass is 386 g/mol. The lowest BCUT2D eigenvalue weighted by atomic mass is 9.99. The molecule has 0 aromatic heterocycles. The largest absolute Gasteiger partial charge is 0.445 e. The summed E-state index contributed by atoms with van der Waals surface area (Å²) in [5.41, 5.74) is 0.941. The topological polar surface area (TPSA) is 82.2 Å². The number of hydrogen-bond donors (Lipinski definition) is 1. The Morgan fingerprint density at radius 3 is 2.71 bits per heavy atom. The molecular formula is C20H26N4O4. The lowest BCUT2D eigenvalue weighted by Gasteiger charge is -2.30. The molecule has 28 heavy (non-hydrogen) atoms. The molecule has 1 aromatic carbocycles. The van der Waals surface area contributed by atoms with Crippen LogP contribution in [0.2, 0.25) is 0 Å². The predicted octanol–water partition coefficient (Wildman–Crippen LogP) is 1.41. The Morgan fingerprint density at radius 1 is 1.14 bits per heavy atom. The number of amides is 4. The van der Waals surface area contributed by atoms with Crippen molar-refractivity contribution in [2.75, 3.05) is 26.7 Å². The number of piperidine rings is 1. The number of rotatable bonds is 4. The van der Waals surface area contributed by atoms with E-state index in [2.05, 4.69) is 5.32 Å². The van der Waals surface area contributed by atoms with Gasteiger partial charge >= 0.3 is 12.1 Å². The van der Waals surface area contributed by atoms with Crippen LogP contribution in [0.3, 0.4) is 0 Å². The van der Waals surface area contributed by atoms with Crippen LogP contribution in [0, 0.1) is 0 Å². The molecule has 0 saturated carbocycles. The number of carbonyl (C=O) groups excluding carboxylic acids is 3. The minimum Gasteiger partial charge on any atom is -0.445 e. The van der Waals surface area contributed by atoms with Crippen molar-refractivity contribution in [3.05, 3.63) is 35.9 Å². The first-order chi connectivity index (χ1) is 13.5. The van der Waals surface area contributed by atoms with Crippen LogP contribution in [0.15, 0.2) is 30.3 Å². The fourth-order valence-corrected chi connectivity index (χ4v) is 4.26. The highest BCUT2D eigenvalue weighted by molar-refractivity contribution is 5.89. The fraction of sp³-hybridized carbons (Fsp3) is 0.550. The quantitative estimate of drug-likeness (QED) is 0.848. The van der Waals surface area contributed by atoms with Gasteiger partial charge in [-0.1, -0.05) is 30.3 Å². The summed E-state index contributed by atoms with van der Waals surface area (Å²) in [7, 11) is 1.79. The van der Waals surface area contributed by atoms with Gasteiger partial charge in [0.1, 0.15) is 12.6 Å². The van der Waals surface area contributed by atoms with Gasteiger partial charge in [-0.25, -0.2) is 9.59 Å². The third-order valence-corrected chi connectivity index (χ3v) is 5.95. The summed E-state index contributed by atoms with van der Waals surface area (Å²) < 4.78 is 5.36. The molecule has 2 bridgehead atoms. The van der Waals surface area contributed by atoms with Gasteiger partial charge in [0.2, 0.25) is 5.91 Å². The molecule has 3 atom stereocenters. The second-order valence-corrected chi connectivity index (χ2v) is 7.77. The molecule has 3 fully saturated rings. The highest BCUT2D eigenvalue weighted by Crippen LogP contribution is 2.28. The van der Waals surface area contributed by atoms with Crippen molar-refractivity contribution in [2.45, 2.75) is 44.0 Å². The number of likely N-dealkylation sites (tertiary alicyclic amines) is 1. The van der Waals surface area contributed by atoms with Gasteiger partial charge in [0.15, 0.2) is 0 Å². The lowest BCUT2D eigenvalue weighted by Crippen LogP contribution is -2.52. The van der Waals surface area contributed by atoms with Crippen LogP contribution >= 0.6 is 0 Å². The summed E-state index contributed by atoms with van der Waals surface area (Å²) in [6.45, 7) is 1.84. The summed E-state index contributed by atoms with van der Waals surface area (Å²) in [5.74, 6) is -0.119. The number of nitrogens with one attached hydrogen (secondary N) is 1. The normalized spacial score (nSPS) is 26.5. The number of urea groups is 1. The molecule has 3 saturated heterocycles. The molecule has 1 unspecified atom stereocenters. The predicted molar refractivity (Wildman–Crippen MR) is 101 cm³/mol. The maximum atomic E-state index is 12.7. The van der Waals surface area contributed by atoms with Crippen LogP contribution < -0.4 is 5.32 Å². The van der Waals surface area contributed by atoms with Gasteiger partial charge in [-0.15, -0.1) is 0 Å². The van der Waals surface area contributed by atoms with E-state index in [1.54, 1.807) is 21.7 Å². The van der Waals surface area contributed by atoms with Gasteiger partial charge in [0.05, 0.1) is 6.04 Å². The summed E-state index contributed by atoms with van der Waals surface area (Å²) in [5, 5.41) is 3.02. The zero-order valence-electron chi connectivity index (χ0n) is 16.0. The highest BCUT2D eigenvalue weighted by atomic mass is 16.6. The molecule has 3 aliphatic heterocycles. The molecule has 8 nitrogen and oxygen atoms in total. The molecule has 1 aromatic rings. The van der Waals surface area contributed by atoms with Crippen molar-refractivity contribution >= 4 is 18.0 Å². The zero-order valence-corrected chi connectivity index (χ0v) is 16.0. The fourth-order valence-electron chi connectivity index (χ4n) is 4.26. The molecule has 0 radical (unpaired) electrons. The molecule has 8 heteroatoms. The Balaban J connectivity index is 1.26. The number of carbonyl (C=O) groups is 3. The van der Waals surface area contributed by atoms with Crippen LogP contribution in [0.1, 0.15) is 24.8 Å². The summed E-state index contributed by atoms with van der Waals surface area (Å²) in [6, 6.07) is 9.18. The first kappa shape index (κ1) is 18.6. The maximum Gasteiger partial charge on any atom is 0.410 e.